The van der Waals surface area contributed by atoms with Gasteiger partial charge < -0.3 is 4.74 Å². The Morgan fingerprint density at radius 2 is 2.36 bits per heavy atom. The van der Waals surface area contributed by atoms with Crippen molar-refractivity contribution in [2.45, 2.75) is 13.3 Å². The van der Waals surface area contributed by atoms with Gasteiger partial charge in [0.2, 0.25) is 0 Å². The average Bonchev–Trinajstić information content (AvgIpc) is 2.52. The topological polar surface area (TPSA) is 26.3 Å². The zero-order valence-electron chi connectivity index (χ0n) is 7.88. The van der Waals surface area contributed by atoms with Crippen molar-refractivity contribution >= 4 is 28.9 Å². The molecule has 0 aromatic carbocycles. The molecule has 1 aromatic heterocycles. The number of ether oxygens (including phenoxy) is 1. The van der Waals surface area contributed by atoms with E-state index in [2.05, 4.69) is 6.58 Å². The van der Waals surface area contributed by atoms with Crippen LogP contribution in [0.4, 0.5) is 0 Å². The molecule has 0 aliphatic carbocycles. The van der Waals surface area contributed by atoms with Crippen molar-refractivity contribution in [2.75, 3.05) is 6.61 Å². The van der Waals surface area contributed by atoms with Gasteiger partial charge in [-0.05, 0) is 19.1 Å². The van der Waals surface area contributed by atoms with E-state index >= 15 is 0 Å². The minimum Gasteiger partial charge on any atom is -0.462 e. The van der Waals surface area contributed by atoms with Crippen molar-refractivity contribution in [2.24, 2.45) is 0 Å². The lowest BCUT2D eigenvalue weighted by atomic mass is 10.3. The van der Waals surface area contributed by atoms with Gasteiger partial charge in [0.25, 0.3) is 0 Å². The normalized spacial score (nSPS) is 9.86. The third-order valence-electron chi connectivity index (χ3n) is 1.50. The predicted octanol–water partition coefficient (Wildman–Crippen LogP) is 3.22. The van der Waals surface area contributed by atoms with Gasteiger partial charge in [-0.3, -0.25) is 0 Å². The summed E-state index contributed by atoms with van der Waals surface area (Å²) in [5, 5.41) is 0.572. The Balaban J connectivity index is 2.67. The summed E-state index contributed by atoms with van der Waals surface area (Å²) in [7, 11) is 0. The molecule has 0 atom stereocenters. The van der Waals surface area contributed by atoms with Crippen LogP contribution in [0.15, 0.2) is 23.7 Å². The van der Waals surface area contributed by atoms with Gasteiger partial charge in [-0.25, -0.2) is 4.79 Å². The number of hydrogen-bond donors (Lipinski definition) is 0. The molecule has 0 aliphatic heterocycles. The Labute approximate surface area is 92.2 Å². The van der Waals surface area contributed by atoms with E-state index in [4.69, 9.17) is 16.3 Å². The van der Waals surface area contributed by atoms with Crippen molar-refractivity contribution in [1.82, 2.24) is 0 Å². The molecule has 0 aliphatic rings. The van der Waals surface area contributed by atoms with E-state index in [0.29, 0.717) is 22.9 Å². The number of carbonyl (C=O) groups excluding carboxylic acids is 1. The van der Waals surface area contributed by atoms with E-state index in [1.54, 1.807) is 13.0 Å². The first-order valence-corrected chi connectivity index (χ1v) is 5.42. The maximum atomic E-state index is 11.3. The van der Waals surface area contributed by atoms with E-state index in [-0.39, 0.29) is 5.97 Å². The molecular formula is C10H11ClO2S. The smallest absolute Gasteiger partial charge is 0.348 e. The Bertz CT molecular complexity index is 344. The predicted molar refractivity (Wildman–Crippen MR) is 59.0 cm³/mol. The number of allylic oxidation sites excluding steroid dienone is 1. The highest BCUT2D eigenvalue weighted by Gasteiger charge is 2.09. The number of thiophene rings is 1. The van der Waals surface area contributed by atoms with Crippen molar-refractivity contribution in [3.63, 3.8) is 0 Å². The van der Waals surface area contributed by atoms with Crippen LogP contribution < -0.4 is 0 Å². The SMILES string of the molecule is C=C(Cl)Cc1ccc(C(=O)OCC)s1. The zero-order chi connectivity index (χ0) is 10.6. The molecule has 0 N–H and O–H groups in total. The van der Waals surface area contributed by atoms with Gasteiger partial charge in [0.1, 0.15) is 4.88 Å². The molecule has 1 aromatic rings. The summed E-state index contributed by atoms with van der Waals surface area (Å²) in [6, 6.07) is 3.61. The molecule has 0 amide bonds. The highest BCUT2D eigenvalue weighted by molar-refractivity contribution is 7.14. The third kappa shape index (κ3) is 3.16. The largest absolute Gasteiger partial charge is 0.462 e. The maximum Gasteiger partial charge on any atom is 0.348 e. The first-order chi connectivity index (χ1) is 6.63. The van der Waals surface area contributed by atoms with E-state index < -0.39 is 0 Å². The van der Waals surface area contributed by atoms with Crippen LogP contribution in [0.2, 0.25) is 0 Å². The zero-order valence-corrected chi connectivity index (χ0v) is 9.45. The van der Waals surface area contributed by atoms with E-state index in [0.717, 1.165) is 4.88 Å². The first-order valence-electron chi connectivity index (χ1n) is 4.22. The molecular weight excluding hydrogens is 220 g/mol. The highest BCUT2D eigenvalue weighted by atomic mass is 35.5. The minimum absolute atomic E-state index is 0.274. The average molecular weight is 231 g/mol. The molecule has 0 fully saturated rings. The fourth-order valence-corrected chi connectivity index (χ4v) is 2.14. The number of esters is 1. The van der Waals surface area contributed by atoms with E-state index in [1.807, 2.05) is 6.07 Å². The lowest BCUT2D eigenvalue weighted by Crippen LogP contribution is -2.01. The summed E-state index contributed by atoms with van der Waals surface area (Å²) in [6.07, 6.45) is 0.603. The summed E-state index contributed by atoms with van der Waals surface area (Å²) >= 11 is 7.05. The number of rotatable bonds is 4. The van der Waals surface area contributed by atoms with Crippen LogP contribution in [0.5, 0.6) is 0 Å². The molecule has 0 saturated carbocycles. The molecule has 0 radical (unpaired) electrons. The van der Waals surface area contributed by atoms with Crippen LogP contribution in [0.25, 0.3) is 0 Å². The van der Waals surface area contributed by atoms with Crippen molar-refractivity contribution in [3.8, 4) is 0 Å². The van der Waals surface area contributed by atoms with Crippen LogP contribution in [0, 0.1) is 0 Å². The van der Waals surface area contributed by atoms with Crippen molar-refractivity contribution < 1.29 is 9.53 Å². The molecule has 2 nitrogen and oxygen atoms in total. The molecule has 76 valence electrons. The molecule has 0 bridgehead atoms. The van der Waals surface area contributed by atoms with Crippen LogP contribution in [-0.2, 0) is 11.2 Å². The monoisotopic (exact) mass is 230 g/mol. The van der Waals surface area contributed by atoms with Gasteiger partial charge in [0, 0.05) is 16.3 Å². The Morgan fingerprint density at radius 3 is 2.93 bits per heavy atom. The second-order valence-corrected chi connectivity index (χ2v) is 4.38. The Morgan fingerprint density at radius 1 is 1.64 bits per heavy atom. The van der Waals surface area contributed by atoms with Gasteiger partial charge in [0.05, 0.1) is 6.61 Å². The van der Waals surface area contributed by atoms with Crippen LogP contribution in [-0.4, -0.2) is 12.6 Å². The Kier molecular flexibility index (Phi) is 4.17. The van der Waals surface area contributed by atoms with Gasteiger partial charge in [-0.2, -0.15) is 0 Å². The van der Waals surface area contributed by atoms with Gasteiger partial charge in [-0.1, -0.05) is 18.2 Å². The molecule has 0 unspecified atom stereocenters. The molecule has 0 saturated heterocycles. The summed E-state index contributed by atoms with van der Waals surface area (Å²) < 4.78 is 4.86. The quantitative estimate of drug-likeness (QED) is 0.743. The van der Waals surface area contributed by atoms with Gasteiger partial charge in [0.15, 0.2) is 0 Å². The molecule has 0 spiro atoms. The molecule has 14 heavy (non-hydrogen) atoms. The van der Waals surface area contributed by atoms with Crippen LogP contribution >= 0.6 is 22.9 Å². The summed E-state index contributed by atoms with van der Waals surface area (Å²) in [4.78, 5) is 12.9. The van der Waals surface area contributed by atoms with Crippen molar-refractivity contribution in [3.05, 3.63) is 33.5 Å². The van der Waals surface area contributed by atoms with Crippen molar-refractivity contribution in [1.29, 1.82) is 0 Å². The van der Waals surface area contributed by atoms with Crippen LogP contribution in [0.1, 0.15) is 21.5 Å². The second-order valence-electron chi connectivity index (χ2n) is 2.68. The molecule has 1 heterocycles. The fraction of sp³-hybridized carbons (Fsp3) is 0.300. The van der Waals surface area contributed by atoms with Crippen LogP contribution in [0.3, 0.4) is 0 Å². The summed E-state index contributed by atoms with van der Waals surface area (Å²) in [5.74, 6) is -0.274. The first kappa shape index (κ1) is 11.3. The standard InChI is InChI=1S/C10H11ClO2S/c1-3-13-10(12)9-5-4-8(14-9)6-7(2)11/h4-5H,2-3,6H2,1H3. The third-order valence-corrected chi connectivity index (χ3v) is 2.70. The molecule has 1 rings (SSSR count). The number of carbonyl (C=O) groups is 1. The Hall–Kier alpha value is -0.800. The maximum absolute atomic E-state index is 11.3. The van der Waals surface area contributed by atoms with Gasteiger partial charge in [-0.15, -0.1) is 11.3 Å². The minimum atomic E-state index is -0.274. The molecule has 4 heteroatoms. The number of hydrogen-bond acceptors (Lipinski definition) is 3. The second kappa shape index (κ2) is 5.17. The fourth-order valence-electron chi connectivity index (χ4n) is 0.974. The summed E-state index contributed by atoms with van der Waals surface area (Å²) in [6.45, 7) is 5.78. The van der Waals surface area contributed by atoms with Gasteiger partial charge >= 0.3 is 5.97 Å². The lowest BCUT2D eigenvalue weighted by Gasteiger charge is -1.96. The summed E-state index contributed by atoms with van der Waals surface area (Å²) in [5.41, 5.74) is 0. The lowest BCUT2D eigenvalue weighted by molar-refractivity contribution is 0.0532. The number of halogens is 1. The van der Waals surface area contributed by atoms with E-state index in [9.17, 15) is 4.79 Å². The highest BCUT2D eigenvalue weighted by Crippen LogP contribution is 2.21. The van der Waals surface area contributed by atoms with E-state index in [1.165, 1.54) is 11.3 Å².